The molecule has 12 nitrogen and oxygen atoms in total. The van der Waals surface area contributed by atoms with E-state index >= 15 is 0 Å². The molecule has 0 aliphatic carbocycles. The number of nitrogens with zero attached hydrogens (tertiary/aromatic N) is 5. The first-order chi connectivity index (χ1) is 18.1. The highest BCUT2D eigenvalue weighted by Gasteiger charge is 2.23. The van der Waals surface area contributed by atoms with Crippen LogP contribution in [0.3, 0.4) is 0 Å². The lowest BCUT2D eigenvalue weighted by molar-refractivity contribution is 0.0943. The highest BCUT2D eigenvalue weighted by molar-refractivity contribution is 5.94. The first-order valence-electron chi connectivity index (χ1n) is 11.6. The third kappa shape index (κ3) is 4.70. The normalized spacial score (nSPS) is 16.6. The summed E-state index contributed by atoms with van der Waals surface area (Å²) in [6, 6.07) is 7.08. The number of hydrogen-bond acceptors (Lipinski definition) is 10. The van der Waals surface area contributed by atoms with E-state index in [4.69, 9.17) is 0 Å². The molecule has 4 N–H and O–H groups in total. The van der Waals surface area contributed by atoms with Gasteiger partial charge in [0.25, 0.3) is 5.91 Å². The van der Waals surface area contributed by atoms with E-state index in [1.165, 1.54) is 10.7 Å². The molecule has 0 aromatic carbocycles. The fraction of sp³-hybridized carbons (Fsp3) is 0.200. The molecule has 3 aromatic rings. The zero-order chi connectivity index (χ0) is 25.8. The van der Waals surface area contributed by atoms with Crippen LogP contribution < -0.4 is 26.2 Å². The predicted molar refractivity (Wildman–Crippen MR) is 137 cm³/mol. The van der Waals surface area contributed by atoms with Gasteiger partial charge in [-0.1, -0.05) is 6.07 Å². The maximum Gasteiger partial charge on any atom is 0.271 e. The number of fused-ring (bicyclic) bond motifs is 1. The Morgan fingerprint density at radius 1 is 1.24 bits per heavy atom. The molecule has 2 aliphatic rings. The van der Waals surface area contributed by atoms with Gasteiger partial charge >= 0.3 is 0 Å². The Kier molecular flexibility index (Phi) is 6.50. The molecule has 37 heavy (non-hydrogen) atoms. The van der Waals surface area contributed by atoms with Crippen molar-refractivity contribution in [2.24, 2.45) is 0 Å². The fourth-order valence-electron chi connectivity index (χ4n) is 4.16. The van der Waals surface area contributed by atoms with Crippen molar-refractivity contribution in [1.29, 1.82) is 0 Å². The maximum absolute atomic E-state index is 13.0. The summed E-state index contributed by atoms with van der Waals surface area (Å²) in [5.74, 6) is 4.42. The molecule has 1 unspecified atom stereocenters. The number of rotatable bonds is 7. The molecule has 1 fully saturated rings. The third-order valence-electron chi connectivity index (χ3n) is 5.97. The van der Waals surface area contributed by atoms with Crippen LogP contribution in [0.25, 0.3) is 5.65 Å². The molecule has 1 amide bonds. The topological polar surface area (TPSA) is 146 Å². The highest BCUT2D eigenvalue weighted by atomic mass is 16.2. The van der Waals surface area contributed by atoms with Crippen molar-refractivity contribution >= 4 is 40.8 Å². The molecular weight excluding hydrogens is 474 g/mol. The number of hydrogen-bond donors (Lipinski definition) is 4. The van der Waals surface area contributed by atoms with Gasteiger partial charge in [0.2, 0.25) is 0 Å². The van der Waals surface area contributed by atoms with Crippen LogP contribution in [-0.2, 0) is 9.59 Å². The summed E-state index contributed by atoms with van der Waals surface area (Å²) in [6.07, 6.45) is 9.65. The van der Waals surface area contributed by atoms with Crippen molar-refractivity contribution in [2.75, 3.05) is 29.1 Å². The minimum absolute atomic E-state index is 0.0421. The molecule has 3 aromatic heterocycles. The second-order valence-electron chi connectivity index (χ2n) is 8.30. The molecule has 2 aliphatic heterocycles. The number of amides is 1. The number of allylic oxidation sites excluding steroid dienone is 3. The standard InChI is InChI=1S/C25H23N9O3/c1-26-19-11-22(31-18-5-4-10-33(21(18)15-36)23-6-2-3-9-27-23)32-34-20(13-28-24(19)34)25(37)29-12-16-7-8-17(14-35)30-16/h2-6,9-11,13,16,26,30H,7-8,12H2,1H3,(H,29,37)(H,31,32). The second kappa shape index (κ2) is 10.2. The Morgan fingerprint density at radius 3 is 2.86 bits per heavy atom. The lowest BCUT2D eigenvalue weighted by atomic mass is 10.2. The van der Waals surface area contributed by atoms with Crippen LogP contribution in [-0.4, -0.2) is 57.0 Å². The molecular formula is C25H23N9O3. The van der Waals surface area contributed by atoms with Crippen LogP contribution in [0.4, 0.5) is 17.3 Å². The van der Waals surface area contributed by atoms with E-state index in [-0.39, 0.29) is 23.3 Å². The Hall–Kier alpha value is -5.18. The van der Waals surface area contributed by atoms with Gasteiger partial charge in [-0.2, -0.15) is 0 Å². The van der Waals surface area contributed by atoms with Crippen molar-refractivity contribution in [3.8, 4) is 0 Å². The van der Waals surface area contributed by atoms with Crippen LogP contribution in [0, 0.1) is 0 Å². The Labute approximate surface area is 211 Å². The minimum Gasteiger partial charge on any atom is -0.385 e. The maximum atomic E-state index is 13.0. The first-order valence-corrected chi connectivity index (χ1v) is 11.6. The summed E-state index contributed by atoms with van der Waals surface area (Å²) in [5.41, 5.74) is 2.52. The Morgan fingerprint density at radius 2 is 2.14 bits per heavy atom. The van der Waals surface area contributed by atoms with Crippen molar-refractivity contribution < 1.29 is 14.4 Å². The average Bonchev–Trinajstić information content (AvgIpc) is 3.59. The molecule has 0 saturated carbocycles. The predicted octanol–water partition coefficient (Wildman–Crippen LogP) is 1.41. The molecule has 5 heterocycles. The summed E-state index contributed by atoms with van der Waals surface area (Å²) in [7, 11) is 1.74. The molecule has 186 valence electrons. The number of anilines is 3. The van der Waals surface area contributed by atoms with Crippen molar-refractivity contribution in [1.82, 2.24) is 30.2 Å². The number of carbonyl (C=O) groups is 1. The van der Waals surface area contributed by atoms with Gasteiger partial charge < -0.3 is 21.3 Å². The number of nitrogens with one attached hydrogen (secondary N) is 4. The number of imidazole rings is 1. The van der Waals surface area contributed by atoms with Crippen LogP contribution in [0.5, 0.6) is 0 Å². The van der Waals surface area contributed by atoms with Gasteiger partial charge in [-0.05, 0) is 30.7 Å². The van der Waals surface area contributed by atoms with Crippen LogP contribution in [0.1, 0.15) is 23.3 Å². The summed E-state index contributed by atoms with van der Waals surface area (Å²) in [4.78, 5) is 46.0. The third-order valence-corrected chi connectivity index (χ3v) is 5.97. The zero-order valence-electron chi connectivity index (χ0n) is 19.9. The largest absolute Gasteiger partial charge is 0.385 e. The monoisotopic (exact) mass is 497 g/mol. The van der Waals surface area contributed by atoms with E-state index in [0.29, 0.717) is 47.3 Å². The van der Waals surface area contributed by atoms with Crippen LogP contribution >= 0.6 is 0 Å². The van der Waals surface area contributed by atoms with Gasteiger partial charge in [-0.25, -0.2) is 24.1 Å². The molecule has 1 saturated heterocycles. The SMILES string of the molecule is CNc1cc(NC2=CC=CN(c3ccccn3)C2=C=O)nn2c(C(=O)NCC3CCC(=C=O)N3)cnc12. The van der Waals surface area contributed by atoms with Crippen molar-refractivity contribution in [3.05, 3.63) is 77.8 Å². The number of pyridine rings is 1. The Bertz CT molecular complexity index is 1510. The van der Waals surface area contributed by atoms with Crippen molar-refractivity contribution in [2.45, 2.75) is 18.9 Å². The van der Waals surface area contributed by atoms with E-state index in [1.807, 2.05) is 17.9 Å². The average molecular weight is 498 g/mol. The molecule has 0 radical (unpaired) electrons. The fourth-order valence-corrected chi connectivity index (χ4v) is 4.16. The lowest BCUT2D eigenvalue weighted by Crippen LogP contribution is -2.37. The van der Waals surface area contributed by atoms with E-state index in [1.54, 1.807) is 54.7 Å². The molecule has 5 rings (SSSR count). The van der Waals surface area contributed by atoms with E-state index in [0.717, 1.165) is 6.42 Å². The van der Waals surface area contributed by atoms with Crippen molar-refractivity contribution in [3.63, 3.8) is 0 Å². The Balaban J connectivity index is 1.40. The van der Waals surface area contributed by atoms with Gasteiger partial charge in [0.05, 0.1) is 23.3 Å². The van der Waals surface area contributed by atoms with Gasteiger partial charge in [-0.3, -0.25) is 9.69 Å². The zero-order valence-corrected chi connectivity index (χ0v) is 19.9. The first kappa shape index (κ1) is 23.6. The van der Waals surface area contributed by atoms with Gasteiger partial charge in [0.15, 0.2) is 28.8 Å². The van der Waals surface area contributed by atoms with E-state index in [9.17, 15) is 14.4 Å². The number of carbonyl (C=O) groups excluding carboxylic acids is 3. The van der Waals surface area contributed by atoms with Gasteiger partial charge in [0.1, 0.15) is 11.8 Å². The van der Waals surface area contributed by atoms with Crippen LogP contribution in [0.2, 0.25) is 0 Å². The smallest absolute Gasteiger partial charge is 0.271 e. The van der Waals surface area contributed by atoms with Crippen LogP contribution in [0.15, 0.2) is 72.1 Å². The summed E-state index contributed by atoms with van der Waals surface area (Å²) in [6.45, 7) is 0.337. The second-order valence-corrected chi connectivity index (χ2v) is 8.30. The highest BCUT2D eigenvalue weighted by Crippen LogP contribution is 2.27. The minimum atomic E-state index is -0.362. The molecule has 0 spiro atoms. The van der Waals surface area contributed by atoms with Gasteiger partial charge in [0, 0.05) is 44.5 Å². The lowest BCUT2D eigenvalue weighted by Gasteiger charge is -2.24. The molecule has 12 heteroatoms. The summed E-state index contributed by atoms with van der Waals surface area (Å²) >= 11 is 0. The van der Waals surface area contributed by atoms with Gasteiger partial charge in [-0.15, -0.1) is 5.10 Å². The van der Waals surface area contributed by atoms with E-state index < -0.39 is 0 Å². The summed E-state index contributed by atoms with van der Waals surface area (Å²) < 4.78 is 1.43. The number of aromatic nitrogens is 4. The van der Waals surface area contributed by atoms with E-state index in [2.05, 4.69) is 36.3 Å². The molecule has 1 atom stereocenters. The quantitative estimate of drug-likeness (QED) is 0.354. The summed E-state index contributed by atoms with van der Waals surface area (Å²) in [5, 5.41) is 16.7. The molecule has 0 bridgehead atoms.